The summed E-state index contributed by atoms with van der Waals surface area (Å²) in [4.78, 5) is 2.00. The second-order valence-corrected chi connectivity index (χ2v) is 6.80. The molecule has 3 rings (SSSR count). The molecule has 2 aromatic rings. The fourth-order valence-corrected chi connectivity index (χ4v) is 3.25. The fourth-order valence-electron chi connectivity index (χ4n) is 3.25. The van der Waals surface area contributed by atoms with Crippen LogP contribution in [0.15, 0.2) is 30.3 Å². The maximum atomic E-state index is 10.6. The third-order valence-electron chi connectivity index (χ3n) is 4.62. The number of hydrogen-bond acceptors (Lipinski definition) is 5. The van der Waals surface area contributed by atoms with Crippen molar-refractivity contribution in [2.24, 2.45) is 5.73 Å². The summed E-state index contributed by atoms with van der Waals surface area (Å²) in [7, 11) is 0. The zero-order chi connectivity index (χ0) is 18.0. The first-order chi connectivity index (χ1) is 12.0. The summed E-state index contributed by atoms with van der Waals surface area (Å²) < 4.78 is 5.71. The Bertz CT molecular complexity index is 759. The highest BCUT2D eigenvalue weighted by molar-refractivity contribution is 5.71. The molecule has 4 N–H and O–H groups in total. The maximum Gasteiger partial charge on any atom is 0.146 e. The number of anilines is 1. The van der Waals surface area contributed by atoms with Crippen molar-refractivity contribution in [3.63, 3.8) is 0 Å². The highest BCUT2D eigenvalue weighted by atomic mass is 16.5. The summed E-state index contributed by atoms with van der Waals surface area (Å²) >= 11 is 0. The van der Waals surface area contributed by atoms with E-state index in [0.29, 0.717) is 31.9 Å². The van der Waals surface area contributed by atoms with Gasteiger partial charge in [0.2, 0.25) is 0 Å². The van der Waals surface area contributed by atoms with Gasteiger partial charge < -0.3 is 25.6 Å². The summed E-state index contributed by atoms with van der Waals surface area (Å²) in [6.45, 7) is 6.56. The van der Waals surface area contributed by atoms with Crippen LogP contribution in [-0.4, -0.2) is 23.4 Å². The summed E-state index contributed by atoms with van der Waals surface area (Å²) in [5.74, 6) is 1.29. The Kier molecular flexibility index (Phi) is 5.04. The molecule has 1 aliphatic heterocycles. The molecular weight excluding hydrogens is 316 g/mol. The van der Waals surface area contributed by atoms with Gasteiger partial charge in [0.15, 0.2) is 0 Å². The lowest BCUT2D eigenvalue weighted by molar-refractivity contribution is 0.313. The zero-order valence-corrected chi connectivity index (χ0v) is 14.8. The van der Waals surface area contributed by atoms with Gasteiger partial charge in [0.1, 0.15) is 22.9 Å². The minimum atomic E-state index is 0.106. The zero-order valence-electron chi connectivity index (χ0n) is 14.8. The molecule has 5 heteroatoms. The third kappa shape index (κ3) is 3.51. The van der Waals surface area contributed by atoms with Gasteiger partial charge in [-0.15, -0.1) is 0 Å². The maximum absolute atomic E-state index is 10.6. The average Bonchev–Trinajstić information content (AvgIpc) is 2.97. The van der Waals surface area contributed by atoms with E-state index in [1.54, 1.807) is 12.1 Å². The number of aromatic hydroxyl groups is 2. The molecule has 0 saturated carbocycles. The first-order valence-electron chi connectivity index (χ1n) is 8.75. The average molecular weight is 342 g/mol. The molecule has 0 radical (unpaired) electrons. The number of nitrogens with zero attached hydrogens (tertiary/aromatic N) is 1. The van der Waals surface area contributed by atoms with Gasteiger partial charge in [-0.1, -0.05) is 26.0 Å². The van der Waals surface area contributed by atoms with Crippen LogP contribution < -0.4 is 15.4 Å². The minimum absolute atomic E-state index is 0.106. The largest absolute Gasteiger partial charge is 0.506 e. The molecule has 1 aliphatic rings. The summed E-state index contributed by atoms with van der Waals surface area (Å²) in [5.41, 5.74) is 9.18. The van der Waals surface area contributed by atoms with E-state index in [9.17, 15) is 10.2 Å². The van der Waals surface area contributed by atoms with Crippen LogP contribution in [0.2, 0.25) is 0 Å². The molecular formula is C20H26N2O3. The first-order valence-corrected chi connectivity index (χ1v) is 8.75. The molecule has 0 aromatic heterocycles. The van der Waals surface area contributed by atoms with Crippen molar-refractivity contribution in [3.05, 3.63) is 47.0 Å². The molecule has 25 heavy (non-hydrogen) atoms. The Labute approximate surface area is 148 Å². The van der Waals surface area contributed by atoms with Gasteiger partial charge in [0.05, 0.1) is 6.61 Å². The van der Waals surface area contributed by atoms with E-state index >= 15 is 0 Å². The number of ether oxygens (including phenoxy) is 1. The predicted octanol–water partition coefficient (Wildman–Crippen LogP) is 3.47. The van der Waals surface area contributed by atoms with Crippen LogP contribution in [0.5, 0.6) is 17.2 Å². The second-order valence-electron chi connectivity index (χ2n) is 6.80. The van der Waals surface area contributed by atoms with Crippen LogP contribution in [0.3, 0.4) is 0 Å². The van der Waals surface area contributed by atoms with Crippen LogP contribution in [-0.2, 0) is 13.1 Å². The molecule has 0 atom stereocenters. The lowest BCUT2D eigenvalue weighted by Crippen LogP contribution is -2.15. The second kappa shape index (κ2) is 7.23. The van der Waals surface area contributed by atoms with Crippen molar-refractivity contribution < 1.29 is 14.9 Å². The molecule has 0 saturated heterocycles. The first kappa shape index (κ1) is 17.4. The van der Waals surface area contributed by atoms with Gasteiger partial charge in [-0.2, -0.15) is 0 Å². The normalized spacial score (nSPS) is 13.4. The van der Waals surface area contributed by atoms with Gasteiger partial charge in [0.25, 0.3) is 0 Å². The van der Waals surface area contributed by atoms with Gasteiger partial charge in [-0.05, 0) is 53.8 Å². The number of phenols is 2. The summed E-state index contributed by atoms with van der Waals surface area (Å²) in [6, 6.07) is 9.49. The van der Waals surface area contributed by atoms with Crippen molar-refractivity contribution in [1.82, 2.24) is 0 Å². The molecule has 0 aliphatic carbocycles. The number of nitrogens with two attached hydrogens (primary N) is 1. The van der Waals surface area contributed by atoms with Crippen LogP contribution in [0.25, 0.3) is 0 Å². The Morgan fingerprint density at radius 2 is 1.88 bits per heavy atom. The van der Waals surface area contributed by atoms with E-state index < -0.39 is 0 Å². The SMILES string of the molecule is CC(C)c1ccc(O)c(N2Cc3ccc(OCCCN)cc3C2)c1O. The monoisotopic (exact) mass is 342 g/mol. The molecule has 0 spiro atoms. The topological polar surface area (TPSA) is 79.0 Å². The van der Waals surface area contributed by atoms with E-state index in [1.807, 2.05) is 36.9 Å². The van der Waals surface area contributed by atoms with Crippen LogP contribution in [0.1, 0.15) is 42.9 Å². The lowest BCUT2D eigenvalue weighted by Gasteiger charge is -2.22. The molecule has 0 bridgehead atoms. The van der Waals surface area contributed by atoms with E-state index in [-0.39, 0.29) is 17.4 Å². The Morgan fingerprint density at radius 3 is 2.60 bits per heavy atom. The van der Waals surface area contributed by atoms with Crippen LogP contribution in [0, 0.1) is 0 Å². The standard InChI is InChI=1S/C20H26N2O3/c1-13(2)17-6-7-18(23)19(20(17)24)22-11-14-4-5-16(10-15(14)12-22)25-9-3-8-21/h4-7,10,13,23-24H,3,8-9,11-12,21H2,1-2H3. The highest BCUT2D eigenvalue weighted by Crippen LogP contribution is 2.44. The Balaban J connectivity index is 1.83. The number of hydrogen-bond donors (Lipinski definition) is 3. The predicted molar refractivity (Wildman–Crippen MR) is 99.4 cm³/mol. The lowest BCUT2D eigenvalue weighted by atomic mass is 10.0. The van der Waals surface area contributed by atoms with Gasteiger partial charge >= 0.3 is 0 Å². The van der Waals surface area contributed by atoms with Crippen molar-refractivity contribution in [2.75, 3.05) is 18.1 Å². The minimum Gasteiger partial charge on any atom is -0.506 e. The molecule has 0 unspecified atom stereocenters. The third-order valence-corrected chi connectivity index (χ3v) is 4.62. The number of phenolic OH excluding ortho intramolecular Hbond substituents is 2. The van der Waals surface area contributed by atoms with E-state index in [1.165, 1.54) is 5.56 Å². The van der Waals surface area contributed by atoms with Gasteiger partial charge in [-0.3, -0.25) is 0 Å². The van der Waals surface area contributed by atoms with E-state index in [0.717, 1.165) is 23.3 Å². The summed E-state index contributed by atoms with van der Waals surface area (Å²) in [5, 5.41) is 20.9. The number of benzene rings is 2. The van der Waals surface area contributed by atoms with Crippen LogP contribution >= 0.6 is 0 Å². The quantitative estimate of drug-likeness (QED) is 0.701. The van der Waals surface area contributed by atoms with E-state index in [2.05, 4.69) is 0 Å². The van der Waals surface area contributed by atoms with Crippen molar-refractivity contribution in [2.45, 2.75) is 39.3 Å². The smallest absolute Gasteiger partial charge is 0.146 e. The van der Waals surface area contributed by atoms with Crippen molar-refractivity contribution in [1.29, 1.82) is 0 Å². The van der Waals surface area contributed by atoms with Crippen LogP contribution in [0.4, 0.5) is 5.69 Å². The fraction of sp³-hybridized carbons (Fsp3) is 0.400. The number of fused-ring (bicyclic) bond motifs is 1. The molecule has 5 nitrogen and oxygen atoms in total. The summed E-state index contributed by atoms with van der Waals surface area (Å²) in [6.07, 6.45) is 0.826. The van der Waals surface area contributed by atoms with E-state index in [4.69, 9.17) is 10.5 Å². The molecule has 2 aromatic carbocycles. The molecule has 0 amide bonds. The number of rotatable bonds is 6. The molecule has 134 valence electrons. The highest BCUT2D eigenvalue weighted by Gasteiger charge is 2.26. The van der Waals surface area contributed by atoms with Gasteiger partial charge in [-0.25, -0.2) is 0 Å². The molecule has 1 heterocycles. The molecule has 0 fully saturated rings. The van der Waals surface area contributed by atoms with Crippen molar-refractivity contribution in [3.8, 4) is 17.2 Å². The van der Waals surface area contributed by atoms with Gasteiger partial charge in [0, 0.05) is 13.1 Å². The Morgan fingerprint density at radius 1 is 1.12 bits per heavy atom. The Hall–Kier alpha value is -2.40. The van der Waals surface area contributed by atoms with Crippen molar-refractivity contribution >= 4 is 5.69 Å².